The van der Waals surface area contributed by atoms with Gasteiger partial charge in [0.25, 0.3) is 5.91 Å². The Balaban J connectivity index is 1.65. The highest BCUT2D eigenvalue weighted by Crippen LogP contribution is 2.34. The molecule has 3 aromatic rings. The maximum absolute atomic E-state index is 13.1. The van der Waals surface area contributed by atoms with E-state index in [1.807, 2.05) is 54.6 Å². The minimum absolute atomic E-state index is 0.0444. The molecule has 1 unspecified atom stereocenters. The number of hydrogen-bond acceptors (Lipinski definition) is 5. The number of aromatic nitrogens is 1. The lowest BCUT2D eigenvalue weighted by atomic mass is 10.2. The molecule has 2 heterocycles. The Labute approximate surface area is 168 Å². The van der Waals surface area contributed by atoms with Crippen LogP contribution in [0.3, 0.4) is 0 Å². The van der Waals surface area contributed by atoms with Crippen molar-refractivity contribution in [2.75, 3.05) is 25.2 Å². The van der Waals surface area contributed by atoms with E-state index in [-0.39, 0.29) is 12.0 Å². The highest BCUT2D eigenvalue weighted by molar-refractivity contribution is 7.22. The highest BCUT2D eigenvalue weighted by atomic mass is 32.1. The van der Waals surface area contributed by atoms with Crippen molar-refractivity contribution in [2.45, 2.75) is 18.9 Å². The minimum Gasteiger partial charge on any atom is -0.494 e. The summed E-state index contributed by atoms with van der Waals surface area (Å²) < 4.78 is 12.2. The van der Waals surface area contributed by atoms with Crippen LogP contribution in [0.2, 0.25) is 0 Å². The van der Waals surface area contributed by atoms with Gasteiger partial charge in [-0.3, -0.25) is 9.69 Å². The quantitative estimate of drug-likeness (QED) is 0.577. The van der Waals surface area contributed by atoms with Crippen molar-refractivity contribution in [2.24, 2.45) is 0 Å². The Hall–Kier alpha value is -2.70. The lowest BCUT2D eigenvalue weighted by Crippen LogP contribution is -2.36. The van der Waals surface area contributed by atoms with Crippen LogP contribution in [0.5, 0.6) is 5.75 Å². The summed E-state index contributed by atoms with van der Waals surface area (Å²) >= 11 is 1.49. The van der Waals surface area contributed by atoms with Crippen molar-refractivity contribution in [1.29, 1.82) is 0 Å². The van der Waals surface area contributed by atoms with Crippen molar-refractivity contribution in [1.82, 2.24) is 4.98 Å². The second kappa shape index (κ2) is 8.54. The van der Waals surface area contributed by atoms with Crippen molar-refractivity contribution in [3.05, 3.63) is 60.2 Å². The van der Waals surface area contributed by atoms with E-state index in [0.717, 1.165) is 35.2 Å². The summed E-state index contributed by atoms with van der Waals surface area (Å²) in [6.45, 7) is 1.25. The average Bonchev–Trinajstić information content (AvgIpc) is 3.40. The van der Waals surface area contributed by atoms with Crippen LogP contribution in [0.25, 0.3) is 16.3 Å². The molecule has 1 aliphatic rings. The molecule has 28 heavy (non-hydrogen) atoms. The molecule has 0 aliphatic carbocycles. The summed E-state index contributed by atoms with van der Waals surface area (Å²) in [6, 6.07) is 15.6. The number of fused-ring (bicyclic) bond motifs is 1. The summed E-state index contributed by atoms with van der Waals surface area (Å²) in [7, 11) is 1.63. The smallest absolute Gasteiger partial charge is 0.252 e. The molecular formula is C22H22N2O3S. The van der Waals surface area contributed by atoms with E-state index >= 15 is 0 Å². The fourth-order valence-electron chi connectivity index (χ4n) is 3.27. The number of hydrogen-bond donors (Lipinski definition) is 0. The Morgan fingerprint density at radius 2 is 2.14 bits per heavy atom. The van der Waals surface area contributed by atoms with Gasteiger partial charge in [-0.1, -0.05) is 47.7 Å². The third kappa shape index (κ3) is 4.08. The predicted octanol–water partition coefficient (Wildman–Crippen LogP) is 4.53. The van der Waals surface area contributed by atoms with E-state index in [4.69, 9.17) is 14.5 Å². The van der Waals surface area contributed by atoms with Crippen molar-refractivity contribution < 1.29 is 14.3 Å². The number of carbonyl (C=O) groups excluding carboxylic acids is 1. The molecule has 1 atom stereocenters. The predicted molar refractivity (Wildman–Crippen MR) is 113 cm³/mol. The first kappa shape index (κ1) is 18.7. The van der Waals surface area contributed by atoms with Gasteiger partial charge >= 0.3 is 0 Å². The first-order valence-electron chi connectivity index (χ1n) is 9.34. The van der Waals surface area contributed by atoms with Crippen LogP contribution < -0.4 is 9.64 Å². The van der Waals surface area contributed by atoms with Gasteiger partial charge in [0.05, 0.1) is 24.5 Å². The molecule has 1 amide bonds. The zero-order valence-electron chi connectivity index (χ0n) is 15.7. The lowest BCUT2D eigenvalue weighted by molar-refractivity contribution is -0.114. The molecule has 1 aliphatic heterocycles. The van der Waals surface area contributed by atoms with E-state index in [2.05, 4.69) is 0 Å². The molecule has 1 aromatic heterocycles. The zero-order valence-corrected chi connectivity index (χ0v) is 16.5. The first-order valence-corrected chi connectivity index (χ1v) is 10.2. The number of carbonyl (C=O) groups is 1. The second-order valence-electron chi connectivity index (χ2n) is 6.63. The van der Waals surface area contributed by atoms with Gasteiger partial charge in [-0.25, -0.2) is 4.98 Å². The monoisotopic (exact) mass is 394 g/mol. The van der Waals surface area contributed by atoms with Crippen molar-refractivity contribution in [3.63, 3.8) is 0 Å². The summed E-state index contributed by atoms with van der Waals surface area (Å²) in [6.07, 6.45) is 5.47. The summed E-state index contributed by atoms with van der Waals surface area (Å²) in [5.41, 5.74) is 1.76. The van der Waals surface area contributed by atoms with Gasteiger partial charge < -0.3 is 9.47 Å². The fourth-order valence-corrected chi connectivity index (χ4v) is 4.27. The van der Waals surface area contributed by atoms with Crippen LogP contribution in [-0.4, -0.2) is 37.3 Å². The summed E-state index contributed by atoms with van der Waals surface area (Å²) in [5, 5.41) is 0.665. The maximum atomic E-state index is 13.1. The van der Waals surface area contributed by atoms with E-state index in [1.165, 1.54) is 11.3 Å². The Morgan fingerprint density at radius 3 is 2.89 bits per heavy atom. The molecule has 1 saturated heterocycles. The average molecular weight is 394 g/mol. The number of para-hydroxylation sites is 1. The summed E-state index contributed by atoms with van der Waals surface area (Å²) in [4.78, 5) is 19.5. The van der Waals surface area contributed by atoms with E-state index < -0.39 is 0 Å². The van der Waals surface area contributed by atoms with Gasteiger partial charge in [0.1, 0.15) is 11.3 Å². The molecule has 1 fully saturated rings. The Morgan fingerprint density at radius 1 is 1.29 bits per heavy atom. The number of amides is 1. The van der Waals surface area contributed by atoms with Crippen LogP contribution in [-0.2, 0) is 9.53 Å². The van der Waals surface area contributed by atoms with Gasteiger partial charge in [-0.2, -0.15) is 0 Å². The maximum Gasteiger partial charge on any atom is 0.252 e. The molecule has 0 radical (unpaired) electrons. The SMILES string of the molecule is COc1cccc2sc(N(CC3CCCO3)C(=O)/C=C/c3ccccc3)nc12. The number of rotatable bonds is 6. The van der Waals surface area contributed by atoms with Crippen LogP contribution >= 0.6 is 11.3 Å². The molecule has 0 saturated carbocycles. The van der Waals surface area contributed by atoms with Crippen LogP contribution in [0.4, 0.5) is 5.13 Å². The largest absolute Gasteiger partial charge is 0.494 e. The van der Waals surface area contributed by atoms with Gasteiger partial charge in [0.15, 0.2) is 5.13 Å². The normalized spacial score (nSPS) is 16.7. The first-order chi connectivity index (χ1) is 13.7. The number of methoxy groups -OCH3 is 1. The topological polar surface area (TPSA) is 51.7 Å². The minimum atomic E-state index is -0.0997. The number of thiazole rings is 1. The number of ether oxygens (including phenoxy) is 2. The number of benzene rings is 2. The third-order valence-electron chi connectivity index (χ3n) is 4.72. The number of nitrogens with zero attached hydrogens (tertiary/aromatic N) is 2. The molecule has 6 heteroatoms. The molecule has 0 bridgehead atoms. The van der Waals surface area contributed by atoms with E-state index in [1.54, 1.807) is 18.1 Å². The summed E-state index contributed by atoms with van der Waals surface area (Å²) in [5.74, 6) is 0.613. The van der Waals surface area contributed by atoms with Crippen molar-refractivity contribution >= 4 is 38.7 Å². The molecular weight excluding hydrogens is 372 g/mol. The molecule has 5 nitrogen and oxygen atoms in total. The van der Waals surface area contributed by atoms with Gasteiger partial charge in [0, 0.05) is 12.7 Å². The molecule has 144 valence electrons. The molecule has 0 spiro atoms. The second-order valence-corrected chi connectivity index (χ2v) is 7.64. The molecule has 2 aromatic carbocycles. The Kier molecular flexibility index (Phi) is 5.69. The van der Waals surface area contributed by atoms with Crippen molar-refractivity contribution in [3.8, 4) is 5.75 Å². The van der Waals surface area contributed by atoms with E-state index in [9.17, 15) is 4.79 Å². The Bertz CT molecular complexity index is 978. The highest BCUT2D eigenvalue weighted by Gasteiger charge is 2.25. The van der Waals surface area contributed by atoms with Crippen LogP contribution in [0.1, 0.15) is 18.4 Å². The standard InChI is InChI=1S/C22H22N2O3S/c1-26-18-10-5-11-19-21(18)23-22(28-19)24(15-17-9-6-14-27-17)20(25)13-12-16-7-3-2-4-8-16/h2-5,7-8,10-13,17H,6,9,14-15H2,1H3/b13-12+. The lowest BCUT2D eigenvalue weighted by Gasteiger charge is -2.21. The van der Waals surface area contributed by atoms with Crippen LogP contribution in [0.15, 0.2) is 54.6 Å². The van der Waals surface area contributed by atoms with Gasteiger partial charge in [-0.15, -0.1) is 0 Å². The van der Waals surface area contributed by atoms with Gasteiger partial charge in [0.2, 0.25) is 0 Å². The molecule has 4 rings (SSSR count). The third-order valence-corrected chi connectivity index (χ3v) is 5.76. The van der Waals surface area contributed by atoms with E-state index in [0.29, 0.717) is 17.4 Å². The zero-order chi connectivity index (χ0) is 19.3. The fraction of sp³-hybridized carbons (Fsp3) is 0.273. The van der Waals surface area contributed by atoms with Gasteiger partial charge in [-0.05, 0) is 36.6 Å². The number of anilines is 1. The molecule has 0 N–H and O–H groups in total. The van der Waals surface area contributed by atoms with Crippen LogP contribution in [0, 0.1) is 0 Å².